The molecule has 11 heteroatoms. The second kappa shape index (κ2) is 15.2. The maximum Gasteiger partial charge on any atom is 0.416 e. The minimum Gasteiger partial charge on any atom is -0.464 e. The highest BCUT2D eigenvalue weighted by molar-refractivity contribution is 6.11. The van der Waals surface area contributed by atoms with Crippen LogP contribution in [0.15, 0.2) is 97.1 Å². The van der Waals surface area contributed by atoms with Gasteiger partial charge in [-0.05, 0) is 59.5 Å². The molecule has 0 aromatic heterocycles. The van der Waals surface area contributed by atoms with E-state index in [0.717, 1.165) is 12.1 Å². The number of alkyl halides is 3. The average Bonchev–Trinajstić information content (AvgIpc) is 3.05. The van der Waals surface area contributed by atoms with Gasteiger partial charge in [0, 0.05) is 26.2 Å². The molecule has 0 fully saturated rings. The maximum atomic E-state index is 13.5. The molecule has 0 aliphatic carbocycles. The van der Waals surface area contributed by atoms with Crippen LogP contribution in [0.2, 0.25) is 0 Å². The molecule has 4 rings (SSSR count). The Hall–Kier alpha value is -5.45. The predicted molar refractivity (Wildman–Crippen MR) is 172 cm³/mol. The average molecular weight is 646 g/mol. The summed E-state index contributed by atoms with van der Waals surface area (Å²) in [6, 6.07) is 24.4. The van der Waals surface area contributed by atoms with Crippen molar-refractivity contribution in [2.24, 2.45) is 0 Å². The first-order chi connectivity index (χ1) is 22.4. The van der Waals surface area contributed by atoms with Crippen molar-refractivity contribution in [1.29, 1.82) is 0 Å². The third-order valence-electron chi connectivity index (χ3n) is 7.29. The Morgan fingerprint density at radius 3 is 2.13 bits per heavy atom. The summed E-state index contributed by atoms with van der Waals surface area (Å²) < 4.78 is 44.7. The van der Waals surface area contributed by atoms with E-state index in [1.807, 2.05) is 6.07 Å². The van der Waals surface area contributed by atoms with E-state index in [0.29, 0.717) is 28.8 Å². The number of amides is 3. The molecule has 0 spiro atoms. The number of nitrogens with one attached hydrogen (secondary N) is 2. The molecule has 244 valence electrons. The van der Waals surface area contributed by atoms with Crippen molar-refractivity contribution in [2.45, 2.75) is 25.4 Å². The summed E-state index contributed by atoms with van der Waals surface area (Å²) >= 11 is 0. The molecule has 0 radical (unpaired) electrons. The zero-order valence-electron chi connectivity index (χ0n) is 26.1. The Morgan fingerprint density at radius 1 is 0.830 bits per heavy atom. The molecule has 0 heterocycles. The van der Waals surface area contributed by atoms with Crippen LogP contribution in [0.1, 0.15) is 50.2 Å². The third-order valence-corrected chi connectivity index (χ3v) is 7.29. The van der Waals surface area contributed by atoms with Crippen LogP contribution in [-0.4, -0.2) is 55.8 Å². The summed E-state index contributed by atoms with van der Waals surface area (Å²) in [5.74, 6) is -2.61. The number of likely N-dealkylation sites (N-methyl/N-ethyl adjacent to an activating group) is 1. The Balaban J connectivity index is 1.53. The molecule has 0 saturated carbocycles. The number of ether oxygens (including phenoxy) is 1. The van der Waals surface area contributed by atoms with Crippen molar-refractivity contribution in [3.8, 4) is 11.1 Å². The van der Waals surface area contributed by atoms with Gasteiger partial charge in [-0.3, -0.25) is 19.2 Å². The van der Waals surface area contributed by atoms with Crippen LogP contribution in [0.5, 0.6) is 0 Å². The summed E-state index contributed by atoms with van der Waals surface area (Å²) in [7, 11) is 3.08. The smallest absolute Gasteiger partial charge is 0.416 e. The highest BCUT2D eigenvalue weighted by atomic mass is 19.4. The zero-order valence-corrected chi connectivity index (χ0v) is 26.1. The Morgan fingerprint density at radius 2 is 1.49 bits per heavy atom. The maximum absolute atomic E-state index is 13.5. The van der Waals surface area contributed by atoms with E-state index in [1.54, 1.807) is 69.6 Å². The molecule has 0 saturated heterocycles. The molecule has 8 nitrogen and oxygen atoms in total. The molecule has 3 amide bonds. The van der Waals surface area contributed by atoms with Crippen LogP contribution in [0.4, 0.5) is 18.9 Å². The van der Waals surface area contributed by atoms with Crippen molar-refractivity contribution in [3.05, 3.63) is 125 Å². The highest BCUT2D eigenvalue weighted by Gasteiger charge is 2.30. The lowest BCUT2D eigenvalue weighted by atomic mass is 9.97. The van der Waals surface area contributed by atoms with E-state index >= 15 is 0 Å². The van der Waals surface area contributed by atoms with Crippen molar-refractivity contribution in [2.75, 3.05) is 32.6 Å². The lowest BCUT2D eigenvalue weighted by Gasteiger charge is -2.18. The van der Waals surface area contributed by atoms with E-state index in [9.17, 15) is 32.3 Å². The van der Waals surface area contributed by atoms with Gasteiger partial charge in [0.1, 0.15) is 6.61 Å². The van der Waals surface area contributed by atoms with Gasteiger partial charge in [0.15, 0.2) is 0 Å². The first-order valence-electron chi connectivity index (χ1n) is 14.8. The number of carbonyl (C=O) groups excluding carboxylic acids is 4. The van der Waals surface area contributed by atoms with Crippen LogP contribution in [0, 0.1) is 0 Å². The Bertz CT molecular complexity index is 1740. The molecule has 4 aromatic rings. The summed E-state index contributed by atoms with van der Waals surface area (Å²) in [4.78, 5) is 53.5. The Kier molecular flexibility index (Phi) is 11.1. The van der Waals surface area contributed by atoms with Crippen LogP contribution < -0.4 is 10.6 Å². The monoisotopic (exact) mass is 645 g/mol. The lowest BCUT2D eigenvalue weighted by molar-refractivity contribution is -0.144. The van der Waals surface area contributed by atoms with Gasteiger partial charge < -0.3 is 20.3 Å². The molecule has 2 N–H and O–H groups in total. The fraction of sp³-hybridized carbons (Fsp3) is 0.222. The molecule has 0 aliphatic heterocycles. The molecule has 4 aromatic carbocycles. The summed E-state index contributed by atoms with van der Waals surface area (Å²) in [6.45, 7) is 2.04. The van der Waals surface area contributed by atoms with E-state index < -0.39 is 35.4 Å². The van der Waals surface area contributed by atoms with Gasteiger partial charge in [0.05, 0.1) is 29.2 Å². The number of hydrogen-bond acceptors (Lipinski definition) is 5. The zero-order chi connectivity index (χ0) is 34.1. The number of carbonyl (C=O) groups is 4. The van der Waals surface area contributed by atoms with Gasteiger partial charge in [0.2, 0.25) is 5.91 Å². The second-order valence-electron chi connectivity index (χ2n) is 10.9. The second-order valence-corrected chi connectivity index (χ2v) is 10.9. The van der Waals surface area contributed by atoms with Gasteiger partial charge >= 0.3 is 12.1 Å². The van der Waals surface area contributed by atoms with Crippen LogP contribution in [0.25, 0.3) is 11.1 Å². The molecule has 0 aliphatic rings. The summed E-state index contributed by atoms with van der Waals surface area (Å²) in [5.41, 5.74) is 1.62. The Labute approximate surface area is 270 Å². The standard InChI is InChI=1S/C36H34F3N3O5/c1-4-40-33(44)30(24-10-6-5-7-11-24)22-47-32(43)21-23-14-19-31(29(20-23)35(46)42(2)3)41-34(45)28-13-9-8-12-27(28)25-15-17-26(18-16-25)36(37,38)39/h5-20,30H,4,21-22H2,1-3H3,(H,40,44)(H,41,45). The van der Waals surface area contributed by atoms with E-state index in [2.05, 4.69) is 10.6 Å². The molecule has 47 heavy (non-hydrogen) atoms. The number of halogens is 3. The van der Waals surface area contributed by atoms with Crippen molar-refractivity contribution in [1.82, 2.24) is 10.2 Å². The van der Waals surface area contributed by atoms with Crippen molar-refractivity contribution >= 4 is 29.4 Å². The van der Waals surface area contributed by atoms with Gasteiger partial charge in [-0.1, -0.05) is 66.7 Å². The fourth-order valence-electron chi connectivity index (χ4n) is 4.89. The first-order valence-corrected chi connectivity index (χ1v) is 14.8. The quantitative estimate of drug-likeness (QED) is 0.186. The number of hydrogen-bond donors (Lipinski definition) is 2. The summed E-state index contributed by atoms with van der Waals surface area (Å²) in [5, 5.41) is 5.50. The van der Waals surface area contributed by atoms with Gasteiger partial charge in [-0.15, -0.1) is 0 Å². The molecule has 1 unspecified atom stereocenters. The van der Waals surface area contributed by atoms with Gasteiger partial charge in [-0.25, -0.2) is 0 Å². The van der Waals surface area contributed by atoms with Crippen LogP contribution >= 0.6 is 0 Å². The molecular weight excluding hydrogens is 611 g/mol. The van der Waals surface area contributed by atoms with Crippen LogP contribution in [0.3, 0.4) is 0 Å². The fourth-order valence-corrected chi connectivity index (χ4v) is 4.89. The third kappa shape index (κ3) is 8.84. The minimum absolute atomic E-state index is 0.116. The number of rotatable bonds is 11. The van der Waals surface area contributed by atoms with Crippen molar-refractivity contribution in [3.63, 3.8) is 0 Å². The SMILES string of the molecule is CCNC(=O)C(COC(=O)Cc1ccc(NC(=O)c2ccccc2-c2ccc(C(F)(F)F)cc2)c(C(=O)N(C)C)c1)c1ccccc1. The summed E-state index contributed by atoms with van der Waals surface area (Å²) in [6.07, 6.45) is -4.70. The first kappa shape index (κ1) is 34.4. The highest BCUT2D eigenvalue weighted by Crippen LogP contribution is 2.32. The van der Waals surface area contributed by atoms with Crippen molar-refractivity contribution < 1.29 is 37.1 Å². The number of esters is 1. The number of anilines is 1. The largest absolute Gasteiger partial charge is 0.464 e. The van der Waals surface area contributed by atoms with Gasteiger partial charge in [0.25, 0.3) is 11.8 Å². The minimum atomic E-state index is -4.50. The molecule has 0 bridgehead atoms. The van der Waals surface area contributed by atoms with Crippen LogP contribution in [-0.2, 0) is 26.9 Å². The van der Waals surface area contributed by atoms with E-state index in [1.165, 1.54) is 35.2 Å². The predicted octanol–water partition coefficient (Wildman–Crippen LogP) is 6.33. The van der Waals surface area contributed by atoms with Gasteiger partial charge in [-0.2, -0.15) is 13.2 Å². The molecule has 1 atom stereocenters. The topological polar surface area (TPSA) is 105 Å². The number of benzene rings is 4. The number of nitrogens with zero attached hydrogens (tertiary/aromatic N) is 1. The normalized spacial score (nSPS) is 11.7. The van der Waals surface area contributed by atoms with E-state index in [-0.39, 0.29) is 35.7 Å². The van der Waals surface area contributed by atoms with E-state index in [4.69, 9.17) is 4.74 Å². The lowest BCUT2D eigenvalue weighted by Crippen LogP contribution is -2.32. The molecular formula is C36H34F3N3O5.